The highest BCUT2D eigenvalue weighted by molar-refractivity contribution is 5.96. The van der Waals surface area contributed by atoms with E-state index in [1.165, 1.54) is 11.1 Å². The van der Waals surface area contributed by atoms with Gasteiger partial charge in [0.25, 0.3) is 0 Å². The number of amides is 1. The molecule has 0 spiro atoms. The fourth-order valence-electron chi connectivity index (χ4n) is 4.47. The summed E-state index contributed by atoms with van der Waals surface area (Å²) in [7, 11) is 3.45. The summed E-state index contributed by atoms with van der Waals surface area (Å²) < 4.78 is 5.07. The number of fused-ring (bicyclic) bond motifs is 1. The fourth-order valence-corrected chi connectivity index (χ4v) is 4.47. The fraction of sp³-hybridized carbons (Fsp3) is 0.355. The number of piperazine rings is 1. The summed E-state index contributed by atoms with van der Waals surface area (Å²) in [4.78, 5) is 15.9. The topological polar surface area (TPSA) is 73.5 Å². The molecule has 2 aliphatic rings. The van der Waals surface area contributed by atoms with Gasteiger partial charge in [-0.3, -0.25) is 9.89 Å². The van der Waals surface area contributed by atoms with E-state index in [0.717, 1.165) is 67.2 Å². The van der Waals surface area contributed by atoms with E-state index in [9.17, 15) is 4.79 Å². The second-order valence-electron chi connectivity index (χ2n) is 9.27. The van der Waals surface area contributed by atoms with Crippen molar-refractivity contribution in [2.75, 3.05) is 50.1 Å². The molecule has 6 rings (SSSR count). The summed E-state index contributed by atoms with van der Waals surface area (Å²) in [5.41, 5.74) is 5.48. The van der Waals surface area contributed by atoms with Crippen LogP contribution in [0.15, 0.2) is 72.8 Å². The van der Waals surface area contributed by atoms with Crippen molar-refractivity contribution in [1.82, 2.24) is 15.5 Å². The highest BCUT2D eigenvalue weighted by Gasteiger charge is 2.32. The van der Waals surface area contributed by atoms with Crippen LogP contribution in [0.5, 0.6) is 5.75 Å². The Morgan fingerprint density at radius 1 is 0.947 bits per heavy atom. The van der Waals surface area contributed by atoms with Crippen LogP contribution in [0.1, 0.15) is 26.7 Å². The van der Waals surface area contributed by atoms with Crippen molar-refractivity contribution in [3.63, 3.8) is 0 Å². The Kier molecular flexibility index (Phi) is 9.38. The van der Waals surface area contributed by atoms with Crippen molar-refractivity contribution >= 4 is 28.2 Å². The number of anilines is 2. The second kappa shape index (κ2) is 13.1. The van der Waals surface area contributed by atoms with Crippen LogP contribution in [0.4, 0.5) is 11.4 Å². The van der Waals surface area contributed by atoms with Crippen LogP contribution in [0.2, 0.25) is 0 Å². The third-order valence-corrected chi connectivity index (χ3v) is 6.81. The van der Waals surface area contributed by atoms with Crippen LogP contribution >= 0.6 is 0 Å². The number of carbonyl (C=O) groups is 1. The summed E-state index contributed by atoms with van der Waals surface area (Å²) >= 11 is 0. The number of para-hydroxylation sites is 1. The molecule has 0 unspecified atom stereocenters. The standard InChI is InChI=1S/C17H18N4.C12H15NO2.C2H6/c1-2-4-16-15(3-1)17(20-19-16)13-5-7-14(8-6-13)21-11-9-18-10-12-21;1-13(12(14)9-3-4-9)10-5-7-11(15-2)8-6-10;1-2/h1-8,18H,9-12H2,(H,19,20);5-9H,3-4H2,1-2H3;1-2H3. The van der Waals surface area contributed by atoms with Crippen molar-refractivity contribution in [2.45, 2.75) is 26.7 Å². The Labute approximate surface area is 225 Å². The van der Waals surface area contributed by atoms with Gasteiger partial charge < -0.3 is 19.9 Å². The second-order valence-corrected chi connectivity index (χ2v) is 9.27. The molecule has 2 heterocycles. The van der Waals surface area contributed by atoms with E-state index in [1.54, 1.807) is 12.0 Å². The number of benzene rings is 3. The van der Waals surface area contributed by atoms with Crippen LogP contribution in [-0.2, 0) is 4.79 Å². The predicted molar refractivity (Wildman–Crippen MR) is 157 cm³/mol. The number of H-pyrrole nitrogens is 1. The summed E-state index contributed by atoms with van der Waals surface area (Å²) in [5.74, 6) is 1.29. The average Bonchev–Trinajstić information content (AvgIpc) is 3.77. The first kappa shape index (κ1) is 27.2. The minimum atomic E-state index is 0.222. The molecule has 0 radical (unpaired) electrons. The monoisotopic (exact) mass is 513 g/mol. The molecule has 7 nitrogen and oxygen atoms in total. The van der Waals surface area contributed by atoms with E-state index in [0.29, 0.717) is 0 Å². The molecule has 1 aliphatic carbocycles. The zero-order valence-electron chi connectivity index (χ0n) is 22.9. The van der Waals surface area contributed by atoms with Gasteiger partial charge in [-0.2, -0.15) is 5.10 Å². The summed E-state index contributed by atoms with van der Waals surface area (Å²) in [6.45, 7) is 8.27. The average molecular weight is 514 g/mol. The first-order chi connectivity index (χ1) is 18.6. The molecule has 1 saturated heterocycles. The molecule has 2 fully saturated rings. The summed E-state index contributed by atoms with van der Waals surface area (Å²) in [6.07, 6.45) is 2.08. The number of methoxy groups -OCH3 is 1. The van der Waals surface area contributed by atoms with Crippen LogP contribution < -0.4 is 19.9 Å². The maximum Gasteiger partial charge on any atom is 0.229 e. The number of aromatic nitrogens is 2. The quantitative estimate of drug-likeness (QED) is 0.356. The van der Waals surface area contributed by atoms with Gasteiger partial charge in [0.1, 0.15) is 5.75 Å². The SMILES string of the molecule is CC.COc1ccc(N(C)C(=O)C2CC2)cc1.c1ccc2c(-c3ccc(N4CCNCC4)cc3)n[nH]c2c1. The molecule has 7 heteroatoms. The van der Waals surface area contributed by atoms with Gasteiger partial charge in [-0.1, -0.05) is 44.2 Å². The van der Waals surface area contributed by atoms with E-state index >= 15 is 0 Å². The minimum Gasteiger partial charge on any atom is -0.497 e. The molecule has 0 bridgehead atoms. The molecule has 38 heavy (non-hydrogen) atoms. The molecular weight excluding hydrogens is 474 g/mol. The van der Waals surface area contributed by atoms with Crippen LogP contribution in [-0.4, -0.2) is 56.4 Å². The Balaban J connectivity index is 0.000000175. The first-order valence-corrected chi connectivity index (χ1v) is 13.5. The van der Waals surface area contributed by atoms with Gasteiger partial charge in [0.15, 0.2) is 0 Å². The predicted octanol–water partition coefficient (Wildman–Crippen LogP) is 5.73. The molecular formula is C31H39N5O2. The van der Waals surface area contributed by atoms with E-state index < -0.39 is 0 Å². The summed E-state index contributed by atoms with van der Waals surface area (Å²) in [6, 6.07) is 24.5. The maximum atomic E-state index is 11.8. The highest BCUT2D eigenvalue weighted by atomic mass is 16.5. The molecule has 1 aromatic heterocycles. The van der Waals surface area contributed by atoms with Gasteiger partial charge >= 0.3 is 0 Å². The lowest BCUT2D eigenvalue weighted by Crippen LogP contribution is -2.43. The lowest BCUT2D eigenvalue weighted by atomic mass is 10.1. The van der Waals surface area contributed by atoms with Crippen molar-refractivity contribution < 1.29 is 9.53 Å². The molecule has 1 amide bonds. The third-order valence-electron chi connectivity index (χ3n) is 6.81. The number of hydrogen-bond donors (Lipinski definition) is 2. The van der Waals surface area contributed by atoms with Crippen molar-refractivity contribution in [2.24, 2.45) is 5.92 Å². The number of rotatable bonds is 5. The van der Waals surface area contributed by atoms with Crippen molar-refractivity contribution in [3.8, 4) is 17.0 Å². The molecule has 1 aliphatic heterocycles. The van der Waals surface area contributed by atoms with E-state index in [-0.39, 0.29) is 11.8 Å². The lowest BCUT2D eigenvalue weighted by Gasteiger charge is -2.29. The Hall–Kier alpha value is -3.84. The van der Waals surface area contributed by atoms with Gasteiger partial charge in [0, 0.05) is 61.5 Å². The zero-order chi connectivity index (χ0) is 26.9. The Bertz CT molecular complexity index is 1290. The van der Waals surface area contributed by atoms with E-state index in [1.807, 2.05) is 51.2 Å². The lowest BCUT2D eigenvalue weighted by molar-refractivity contribution is -0.119. The number of aromatic amines is 1. The van der Waals surface area contributed by atoms with Crippen LogP contribution in [0.3, 0.4) is 0 Å². The number of ether oxygens (including phenoxy) is 1. The zero-order valence-corrected chi connectivity index (χ0v) is 22.9. The van der Waals surface area contributed by atoms with Gasteiger partial charge in [-0.05, 0) is 55.3 Å². The molecule has 0 atom stereocenters. The number of nitrogens with one attached hydrogen (secondary N) is 2. The van der Waals surface area contributed by atoms with Crippen molar-refractivity contribution in [1.29, 1.82) is 0 Å². The van der Waals surface area contributed by atoms with E-state index in [2.05, 4.69) is 62.9 Å². The van der Waals surface area contributed by atoms with E-state index in [4.69, 9.17) is 4.74 Å². The van der Waals surface area contributed by atoms with Gasteiger partial charge in [0.05, 0.1) is 18.3 Å². The number of carbonyl (C=O) groups excluding carboxylic acids is 1. The Morgan fingerprint density at radius 2 is 1.61 bits per heavy atom. The van der Waals surface area contributed by atoms with Crippen molar-refractivity contribution in [3.05, 3.63) is 72.8 Å². The Morgan fingerprint density at radius 3 is 2.24 bits per heavy atom. The molecule has 4 aromatic rings. The molecule has 2 N–H and O–H groups in total. The third kappa shape index (κ3) is 6.53. The van der Waals surface area contributed by atoms with Gasteiger partial charge in [-0.15, -0.1) is 0 Å². The van der Waals surface area contributed by atoms with Crippen LogP contribution in [0.25, 0.3) is 22.2 Å². The molecule has 3 aromatic carbocycles. The highest BCUT2D eigenvalue weighted by Crippen LogP contribution is 2.32. The molecule has 1 saturated carbocycles. The normalized spacial score (nSPS) is 14.6. The summed E-state index contributed by atoms with van der Waals surface area (Å²) in [5, 5.41) is 12.1. The first-order valence-electron chi connectivity index (χ1n) is 13.5. The van der Waals surface area contributed by atoms with Crippen LogP contribution in [0, 0.1) is 5.92 Å². The van der Waals surface area contributed by atoms with Gasteiger partial charge in [-0.25, -0.2) is 0 Å². The minimum absolute atomic E-state index is 0.222. The smallest absolute Gasteiger partial charge is 0.229 e. The number of nitrogens with zero attached hydrogens (tertiary/aromatic N) is 3. The maximum absolute atomic E-state index is 11.8. The largest absolute Gasteiger partial charge is 0.497 e. The number of hydrogen-bond acceptors (Lipinski definition) is 5. The van der Waals surface area contributed by atoms with Gasteiger partial charge in [0.2, 0.25) is 5.91 Å². The molecule has 200 valence electrons.